The first-order valence-corrected chi connectivity index (χ1v) is 23.4. The third kappa shape index (κ3) is 10.8. The maximum absolute atomic E-state index is 14.1. The second-order valence-electron chi connectivity index (χ2n) is 16.4. The molecule has 10 aromatic carbocycles. The summed E-state index contributed by atoms with van der Waals surface area (Å²) < 4.78 is 0. The van der Waals surface area contributed by atoms with Crippen LogP contribution in [0.4, 0.5) is 45.5 Å². The van der Waals surface area contributed by atoms with Gasteiger partial charge in [0.15, 0.2) is 0 Å². The van der Waals surface area contributed by atoms with Gasteiger partial charge in [-0.15, -0.1) is 0 Å². The van der Waals surface area contributed by atoms with Crippen LogP contribution in [0, 0.1) is 0 Å². The van der Waals surface area contributed by atoms with Gasteiger partial charge in [-0.1, -0.05) is 164 Å². The van der Waals surface area contributed by atoms with Crippen molar-refractivity contribution in [2.45, 2.75) is 0 Å². The molecule has 0 aliphatic carbocycles. The molecule has 0 N–H and O–H groups in total. The number of benzene rings is 10. The number of anilines is 8. The summed E-state index contributed by atoms with van der Waals surface area (Å²) in [4.78, 5) is 62.5. The van der Waals surface area contributed by atoms with E-state index in [1.807, 2.05) is 243 Å². The SMILES string of the molecule is O=C(c1cccc(C(=O)N(c2ccccc2)c2ccccc2)c1)N(c1ccccc1)c1ccccc1.O=C(c1ccccc1C(=O)N(c1ccccc1)c1ccccc1)N(c1ccccc1)c1ccccc1. The highest BCUT2D eigenvalue weighted by Crippen LogP contribution is 2.33. The predicted octanol–water partition coefficient (Wildman–Crippen LogP) is 15.3. The molecule has 0 heterocycles. The average molecular weight is 937 g/mol. The molecule has 348 valence electrons. The molecular formula is C64H48N4O4. The normalized spacial score (nSPS) is 10.4. The second kappa shape index (κ2) is 22.9. The van der Waals surface area contributed by atoms with Gasteiger partial charge in [0, 0.05) is 56.6 Å². The Hall–Kier alpha value is -9.92. The Morgan fingerprint density at radius 2 is 0.375 bits per heavy atom. The Morgan fingerprint density at radius 1 is 0.194 bits per heavy atom. The van der Waals surface area contributed by atoms with E-state index >= 15 is 0 Å². The van der Waals surface area contributed by atoms with Crippen molar-refractivity contribution in [3.63, 3.8) is 0 Å². The zero-order valence-corrected chi connectivity index (χ0v) is 39.1. The van der Waals surface area contributed by atoms with Crippen molar-refractivity contribution in [3.05, 3.63) is 313 Å². The summed E-state index contributed by atoms with van der Waals surface area (Å²) in [5.41, 5.74) is 7.39. The molecule has 0 bridgehead atoms. The zero-order chi connectivity index (χ0) is 49.5. The van der Waals surface area contributed by atoms with E-state index in [4.69, 9.17) is 0 Å². The molecule has 0 unspecified atom stereocenters. The molecule has 0 aromatic heterocycles. The second-order valence-corrected chi connectivity index (χ2v) is 16.4. The van der Waals surface area contributed by atoms with Crippen molar-refractivity contribution < 1.29 is 19.2 Å². The van der Waals surface area contributed by atoms with Crippen LogP contribution in [0.25, 0.3) is 0 Å². The molecule has 4 amide bonds. The summed E-state index contributed by atoms with van der Waals surface area (Å²) in [6.45, 7) is 0. The highest BCUT2D eigenvalue weighted by Gasteiger charge is 2.29. The molecule has 0 spiro atoms. The minimum atomic E-state index is -0.280. The number of hydrogen-bond acceptors (Lipinski definition) is 4. The van der Waals surface area contributed by atoms with Gasteiger partial charge in [0.05, 0.1) is 11.1 Å². The van der Waals surface area contributed by atoms with Crippen LogP contribution in [-0.4, -0.2) is 23.6 Å². The molecule has 0 aliphatic heterocycles. The zero-order valence-electron chi connectivity index (χ0n) is 39.1. The average Bonchev–Trinajstić information content (AvgIpc) is 3.46. The van der Waals surface area contributed by atoms with Crippen LogP contribution in [0.1, 0.15) is 41.4 Å². The third-order valence-electron chi connectivity index (χ3n) is 11.7. The maximum Gasteiger partial charge on any atom is 0.263 e. The summed E-state index contributed by atoms with van der Waals surface area (Å²) in [6, 6.07) is 89.8. The first-order valence-electron chi connectivity index (χ1n) is 23.4. The summed E-state index contributed by atoms with van der Waals surface area (Å²) in [7, 11) is 0. The van der Waals surface area contributed by atoms with Crippen molar-refractivity contribution >= 4 is 69.1 Å². The van der Waals surface area contributed by atoms with Crippen LogP contribution >= 0.6 is 0 Å². The molecule has 8 nitrogen and oxygen atoms in total. The van der Waals surface area contributed by atoms with E-state index in [2.05, 4.69) is 0 Å². The Morgan fingerprint density at radius 3 is 0.583 bits per heavy atom. The topological polar surface area (TPSA) is 81.2 Å². The molecule has 8 heteroatoms. The molecule has 72 heavy (non-hydrogen) atoms. The molecule has 0 aliphatic rings. The van der Waals surface area contributed by atoms with Crippen molar-refractivity contribution in [2.75, 3.05) is 19.6 Å². The molecule has 10 rings (SSSR count). The molecule has 10 aromatic rings. The first-order chi connectivity index (χ1) is 35.5. The van der Waals surface area contributed by atoms with Crippen LogP contribution < -0.4 is 19.6 Å². The molecular weight excluding hydrogens is 889 g/mol. The lowest BCUT2D eigenvalue weighted by Gasteiger charge is -2.26. The van der Waals surface area contributed by atoms with Crippen LogP contribution in [-0.2, 0) is 0 Å². The van der Waals surface area contributed by atoms with Gasteiger partial charge in [0.25, 0.3) is 23.6 Å². The molecule has 0 fully saturated rings. The molecule has 0 saturated heterocycles. The summed E-state index contributed by atoms with van der Waals surface area (Å²) in [5.74, 6) is -0.990. The van der Waals surface area contributed by atoms with E-state index in [9.17, 15) is 19.2 Å². The number of carbonyl (C=O) groups excluding carboxylic acids is 4. The number of rotatable bonds is 12. The lowest BCUT2D eigenvalue weighted by molar-refractivity contribution is 0.0967. The smallest absolute Gasteiger partial charge is 0.263 e. The lowest BCUT2D eigenvalue weighted by atomic mass is 10.0. The van der Waals surface area contributed by atoms with Gasteiger partial charge in [0.1, 0.15) is 0 Å². The number of hydrogen-bond donors (Lipinski definition) is 0. The Kier molecular flexibility index (Phi) is 15.0. The Bertz CT molecular complexity index is 2980. The highest BCUT2D eigenvalue weighted by molar-refractivity contribution is 6.20. The highest BCUT2D eigenvalue weighted by atomic mass is 16.2. The molecule has 0 atom stereocenters. The quantitative estimate of drug-likeness (QED) is 0.122. The van der Waals surface area contributed by atoms with E-state index in [0.717, 1.165) is 45.5 Å². The number of nitrogens with zero attached hydrogens (tertiary/aromatic N) is 4. The Balaban J connectivity index is 0.000000178. The summed E-state index contributed by atoms with van der Waals surface area (Å²) in [6.07, 6.45) is 0. The summed E-state index contributed by atoms with van der Waals surface area (Å²) >= 11 is 0. The van der Waals surface area contributed by atoms with E-state index in [-0.39, 0.29) is 23.6 Å². The fraction of sp³-hybridized carbons (Fsp3) is 0. The van der Waals surface area contributed by atoms with Gasteiger partial charge >= 0.3 is 0 Å². The van der Waals surface area contributed by atoms with E-state index in [1.54, 1.807) is 68.1 Å². The fourth-order valence-corrected chi connectivity index (χ4v) is 8.29. The van der Waals surface area contributed by atoms with Crippen LogP contribution in [0.5, 0.6) is 0 Å². The van der Waals surface area contributed by atoms with Crippen LogP contribution in [0.3, 0.4) is 0 Å². The number of amides is 4. The maximum atomic E-state index is 14.1. The van der Waals surface area contributed by atoms with Crippen molar-refractivity contribution in [1.82, 2.24) is 0 Å². The predicted molar refractivity (Wildman–Crippen MR) is 290 cm³/mol. The van der Waals surface area contributed by atoms with Crippen molar-refractivity contribution in [3.8, 4) is 0 Å². The Labute approximate surface area is 419 Å². The number of carbonyl (C=O) groups is 4. The van der Waals surface area contributed by atoms with Gasteiger partial charge < -0.3 is 0 Å². The standard InChI is InChI=1S/2C32H24N2O2/c35-31(33(27-16-5-1-6-17-27)28-18-7-2-8-19-28)25-14-13-15-26(24-25)32(36)34(29-20-9-3-10-21-29)30-22-11-4-12-23-30;35-31(33(25-15-5-1-6-16-25)26-17-7-2-8-18-26)29-23-13-14-24-30(29)32(36)34(27-19-9-3-10-20-27)28-21-11-4-12-22-28/h2*1-24H. The van der Waals surface area contributed by atoms with E-state index < -0.39 is 0 Å². The molecule has 0 saturated carbocycles. The van der Waals surface area contributed by atoms with Crippen molar-refractivity contribution in [2.24, 2.45) is 0 Å². The summed E-state index contributed by atoms with van der Waals surface area (Å²) in [5, 5.41) is 0. The van der Waals surface area contributed by atoms with Crippen LogP contribution in [0.15, 0.2) is 291 Å². The first kappa shape index (κ1) is 47.2. The molecule has 0 radical (unpaired) electrons. The van der Waals surface area contributed by atoms with E-state index in [0.29, 0.717) is 22.3 Å². The van der Waals surface area contributed by atoms with Gasteiger partial charge in [-0.25, -0.2) is 0 Å². The van der Waals surface area contributed by atoms with Crippen LogP contribution in [0.2, 0.25) is 0 Å². The van der Waals surface area contributed by atoms with E-state index in [1.165, 1.54) is 0 Å². The van der Waals surface area contributed by atoms with Gasteiger partial charge in [0.2, 0.25) is 0 Å². The largest absolute Gasteiger partial charge is 0.277 e. The van der Waals surface area contributed by atoms with Gasteiger partial charge in [-0.3, -0.25) is 38.8 Å². The monoisotopic (exact) mass is 936 g/mol. The van der Waals surface area contributed by atoms with Gasteiger partial charge in [-0.2, -0.15) is 0 Å². The minimum Gasteiger partial charge on any atom is -0.277 e. The third-order valence-corrected chi connectivity index (χ3v) is 11.7. The van der Waals surface area contributed by atoms with Crippen molar-refractivity contribution in [1.29, 1.82) is 0 Å². The van der Waals surface area contributed by atoms with Gasteiger partial charge in [-0.05, 0) is 127 Å². The number of para-hydroxylation sites is 8. The fourth-order valence-electron chi connectivity index (χ4n) is 8.29. The lowest BCUT2D eigenvalue weighted by Crippen LogP contribution is -2.31. The minimum absolute atomic E-state index is 0.215.